The molecule has 0 aromatic carbocycles. The van der Waals surface area contributed by atoms with Crippen LogP contribution in [-0.2, 0) is 0 Å². The van der Waals surface area contributed by atoms with E-state index in [-0.39, 0.29) is 0 Å². The van der Waals surface area contributed by atoms with Gasteiger partial charge in [0, 0.05) is 19.6 Å². The van der Waals surface area contributed by atoms with Gasteiger partial charge in [0.15, 0.2) is 0 Å². The molecule has 1 N–H and O–H groups in total. The number of hydrogen-bond donors (Lipinski definition) is 1. The molecule has 0 spiro atoms. The van der Waals surface area contributed by atoms with Crippen molar-refractivity contribution >= 4 is 0 Å². The first kappa shape index (κ1) is 14.3. The van der Waals surface area contributed by atoms with Crippen molar-refractivity contribution in [1.82, 2.24) is 10.2 Å². The van der Waals surface area contributed by atoms with Crippen LogP contribution in [0.5, 0.6) is 0 Å². The van der Waals surface area contributed by atoms with Crippen LogP contribution in [0.4, 0.5) is 0 Å². The molecule has 0 bridgehead atoms. The van der Waals surface area contributed by atoms with Gasteiger partial charge in [0.05, 0.1) is 0 Å². The molecule has 2 rings (SSSR count). The Kier molecular flexibility index (Phi) is 5.50. The van der Waals surface area contributed by atoms with Gasteiger partial charge in [-0.1, -0.05) is 39.0 Å². The molecule has 1 aliphatic carbocycles. The Morgan fingerprint density at radius 3 is 2.44 bits per heavy atom. The lowest BCUT2D eigenvalue weighted by Crippen LogP contribution is -2.42. The number of nitrogens with one attached hydrogen (secondary N) is 1. The van der Waals surface area contributed by atoms with Gasteiger partial charge in [-0.3, -0.25) is 0 Å². The zero-order chi connectivity index (χ0) is 12.8. The largest absolute Gasteiger partial charge is 0.319 e. The lowest BCUT2D eigenvalue weighted by atomic mass is 9.79. The highest BCUT2D eigenvalue weighted by molar-refractivity contribution is 4.88. The van der Waals surface area contributed by atoms with Gasteiger partial charge in [0.25, 0.3) is 0 Å². The van der Waals surface area contributed by atoms with E-state index in [9.17, 15) is 0 Å². The minimum atomic E-state index is 0.577. The zero-order valence-electron chi connectivity index (χ0n) is 12.5. The van der Waals surface area contributed by atoms with E-state index in [2.05, 4.69) is 24.2 Å². The molecule has 1 saturated carbocycles. The molecule has 2 aliphatic rings. The second-order valence-corrected chi connectivity index (χ2v) is 6.74. The first-order chi connectivity index (χ1) is 8.78. The van der Waals surface area contributed by atoms with Crippen LogP contribution in [0.1, 0.15) is 58.3 Å². The molecule has 0 aromatic heterocycles. The van der Waals surface area contributed by atoms with Crippen molar-refractivity contribution < 1.29 is 0 Å². The highest BCUT2D eigenvalue weighted by atomic mass is 15.2. The van der Waals surface area contributed by atoms with Gasteiger partial charge in [-0.2, -0.15) is 0 Å². The molecular weight excluding hydrogens is 220 g/mol. The molecule has 1 atom stereocenters. The second-order valence-electron chi connectivity index (χ2n) is 6.74. The Balaban J connectivity index is 1.92. The van der Waals surface area contributed by atoms with Crippen LogP contribution >= 0.6 is 0 Å². The molecule has 1 saturated heterocycles. The summed E-state index contributed by atoms with van der Waals surface area (Å²) in [6, 6.07) is 0. The third kappa shape index (κ3) is 3.71. The van der Waals surface area contributed by atoms with Gasteiger partial charge in [-0.25, -0.2) is 0 Å². The lowest BCUT2D eigenvalue weighted by molar-refractivity contribution is 0.145. The Bertz CT molecular complexity index is 231. The molecule has 2 nitrogen and oxygen atoms in total. The molecule has 0 aromatic rings. The number of likely N-dealkylation sites (tertiary alicyclic amines) is 1. The number of rotatable bonds is 5. The predicted octanol–water partition coefficient (Wildman–Crippen LogP) is 3.28. The van der Waals surface area contributed by atoms with Crippen molar-refractivity contribution in [2.75, 3.05) is 33.2 Å². The minimum absolute atomic E-state index is 0.577. The second kappa shape index (κ2) is 6.91. The minimum Gasteiger partial charge on any atom is -0.319 e. The van der Waals surface area contributed by atoms with Crippen LogP contribution in [0, 0.1) is 11.3 Å². The topological polar surface area (TPSA) is 15.3 Å². The quantitative estimate of drug-likeness (QED) is 0.755. The van der Waals surface area contributed by atoms with E-state index in [1.54, 1.807) is 0 Å². The highest BCUT2D eigenvalue weighted by Crippen LogP contribution is 2.36. The summed E-state index contributed by atoms with van der Waals surface area (Å²) in [5.41, 5.74) is 0.577. The fourth-order valence-corrected chi connectivity index (χ4v) is 4.11. The highest BCUT2D eigenvalue weighted by Gasteiger charge is 2.34. The van der Waals surface area contributed by atoms with Crippen molar-refractivity contribution in [1.29, 1.82) is 0 Å². The molecule has 2 heteroatoms. The van der Waals surface area contributed by atoms with Crippen molar-refractivity contribution in [3.05, 3.63) is 0 Å². The van der Waals surface area contributed by atoms with E-state index in [0.717, 1.165) is 5.92 Å². The summed E-state index contributed by atoms with van der Waals surface area (Å²) in [6.45, 7) is 7.64. The van der Waals surface area contributed by atoms with Gasteiger partial charge in [-0.05, 0) is 44.2 Å². The monoisotopic (exact) mass is 252 g/mol. The van der Waals surface area contributed by atoms with E-state index >= 15 is 0 Å². The Labute approximate surface area is 114 Å². The molecule has 2 fully saturated rings. The molecule has 1 aliphatic heterocycles. The summed E-state index contributed by atoms with van der Waals surface area (Å²) < 4.78 is 0. The first-order valence-corrected chi connectivity index (χ1v) is 8.15. The Hall–Kier alpha value is -0.0800. The normalized spacial score (nSPS) is 29.3. The van der Waals surface area contributed by atoms with Crippen molar-refractivity contribution in [2.24, 2.45) is 11.3 Å². The lowest BCUT2D eigenvalue weighted by Gasteiger charge is -2.36. The van der Waals surface area contributed by atoms with Crippen LogP contribution in [0.25, 0.3) is 0 Å². The average Bonchev–Trinajstić information content (AvgIpc) is 2.69. The summed E-state index contributed by atoms with van der Waals surface area (Å²) >= 11 is 0. The Morgan fingerprint density at radius 1 is 1.17 bits per heavy atom. The molecule has 0 radical (unpaired) electrons. The maximum absolute atomic E-state index is 3.48. The van der Waals surface area contributed by atoms with Gasteiger partial charge in [-0.15, -0.1) is 0 Å². The smallest absolute Gasteiger partial charge is 0.00503 e. The van der Waals surface area contributed by atoms with Gasteiger partial charge in [0.2, 0.25) is 0 Å². The zero-order valence-corrected chi connectivity index (χ0v) is 12.5. The standard InChI is InChI=1S/C16H32N2/c1-3-15-8-11-18(12-15)14-16(13-17-2)9-6-4-5-7-10-16/h15,17H,3-14H2,1-2H3. The van der Waals surface area contributed by atoms with E-state index in [0.29, 0.717) is 5.41 Å². The molecule has 1 unspecified atom stereocenters. The van der Waals surface area contributed by atoms with E-state index in [1.807, 2.05) is 0 Å². The maximum Gasteiger partial charge on any atom is 0.00503 e. The fourth-order valence-electron chi connectivity index (χ4n) is 4.11. The van der Waals surface area contributed by atoms with Crippen molar-refractivity contribution in [2.45, 2.75) is 58.3 Å². The SMILES string of the molecule is CCC1CCN(CC2(CNC)CCCCCC2)C1. The van der Waals surface area contributed by atoms with Gasteiger partial charge in [0.1, 0.15) is 0 Å². The average molecular weight is 252 g/mol. The van der Waals surface area contributed by atoms with Gasteiger partial charge >= 0.3 is 0 Å². The van der Waals surface area contributed by atoms with Crippen LogP contribution in [-0.4, -0.2) is 38.1 Å². The number of hydrogen-bond acceptors (Lipinski definition) is 2. The van der Waals surface area contributed by atoms with Crippen molar-refractivity contribution in [3.8, 4) is 0 Å². The molecule has 1 heterocycles. The third-order valence-electron chi connectivity index (χ3n) is 5.22. The summed E-state index contributed by atoms with van der Waals surface area (Å²) in [7, 11) is 2.13. The van der Waals surface area contributed by atoms with E-state index in [1.165, 1.54) is 77.5 Å². The maximum atomic E-state index is 3.48. The predicted molar refractivity (Wildman–Crippen MR) is 78.9 cm³/mol. The Morgan fingerprint density at radius 2 is 1.89 bits per heavy atom. The van der Waals surface area contributed by atoms with Crippen LogP contribution in [0.2, 0.25) is 0 Å². The van der Waals surface area contributed by atoms with Crippen LogP contribution in [0.3, 0.4) is 0 Å². The molecular formula is C16H32N2. The molecule has 18 heavy (non-hydrogen) atoms. The number of nitrogens with zero attached hydrogens (tertiary/aromatic N) is 1. The van der Waals surface area contributed by atoms with Gasteiger partial charge < -0.3 is 10.2 Å². The first-order valence-electron chi connectivity index (χ1n) is 8.15. The van der Waals surface area contributed by atoms with Crippen LogP contribution < -0.4 is 5.32 Å². The summed E-state index contributed by atoms with van der Waals surface area (Å²) in [6.07, 6.45) is 11.5. The summed E-state index contributed by atoms with van der Waals surface area (Å²) in [5, 5.41) is 3.48. The summed E-state index contributed by atoms with van der Waals surface area (Å²) in [5.74, 6) is 0.974. The van der Waals surface area contributed by atoms with Crippen molar-refractivity contribution in [3.63, 3.8) is 0 Å². The van der Waals surface area contributed by atoms with E-state index < -0.39 is 0 Å². The van der Waals surface area contributed by atoms with Crippen LogP contribution in [0.15, 0.2) is 0 Å². The summed E-state index contributed by atoms with van der Waals surface area (Å²) in [4.78, 5) is 2.76. The molecule has 0 amide bonds. The van der Waals surface area contributed by atoms with E-state index in [4.69, 9.17) is 0 Å². The third-order valence-corrected chi connectivity index (χ3v) is 5.22. The fraction of sp³-hybridized carbons (Fsp3) is 1.00. The molecule has 106 valence electrons.